The van der Waals surface area contributed by atoms with Crippen molar-refractivity contribution < 1.29 is 23.9 Å². The molecule has 0 spiro atoms. The molecule has 0 bridgehead atoms. The summed E-state index contributed by atoms with van der Waals surface area (Å²) in [6, 6.07) is 4.68. The molecular weight excluding hydrogens is 380 g/mol. The van der Waals surface area contributed by atoms with Crippen LogP contribution in [0.15, 0.2) is 24.3 Å². The summed E-state index contributed by atoms with van der Waals surface area (Å²) in [7, 11) is 0. The fraction of sp³-hybridized carbons (Fsp3) is 0.500. The van der Waals surface area contributed by atoms with Gasteiger partial charge in [0.15, 0.2) is 5.78 Å². The fourth-order valence-electron chi connectivity index (χ4n) is 2.51. The second-order valence-electron chi connectivity index (χ2n) is 6.81. The first-order valence-corrected chi connectivity index (χ1v) is 10.5. The second kappa shape index (κ2) is 12.2. The van der Waals surface area contributed by atoms with Crippen LogP contribution in [0.3, 0.4) is 0 Å². The average molecular weight is 409 g/mol. The number of hydrogen-bond donors (Lipinski definition) is 2. The van der Waals surface area contributed by atoms with Gasteiger partial charge in [-0.25, -0.2) is 4.79 Å². The normalized spacial score (nSPS) is 12.8. The van der Waals surface area contributed by atoms with E-state index in [4.69, 9.17) is 4.74 Å². The highest BCUT2D eigenvalue weighted by molar-refractivity contribution is 7.98. The molecule has 0 radical (unpaired) electrons. The van der Waals surface area contributed by atoms with Crippen molar-refractivity contribution >= 4 is 35.8 Å². The Labute approximate surface area is 170 Å². The summed E-state index contributed by atoms with van der Waals surface area (Å²) in [6.07, 6.45) is 3.25. The third-order valence-corrected chi connectivity index (χ3v) is 4.63. The van der Waals surface area contributed by atoms with E-state index in [9.17, 15) is 19.2 Å². The zero-order chi connectivity index (χ0) is 21.1. The fourth-order valence-corrected chi connectivity index (χ4v) is 2.98. The van der Waals surface area contributed by atoms with Gasteiger partial charge in [-0.05, 0) is 62.0 Å². The maximum absolute atomic E-state index is 12.6. The van der Waals surface area contributed by atoms with Crippen LogP contribution >= 0.6 is 11.8 Å². The van der Waals surface area contributed by atoms with Gasteiger partial charge in [0, 0.05) is 5.56 Å². The lowest BCUT2D eigenvalue weighted by Gasteiger charge is -2.22. The molecular formula is C20H28N2O5S. The van der Waals surface area contributed by atoms with Gasteiger partial charge in [-0.1, -0.05) is 13.8 Å². The summed E-state index contributed by atoms with van der Waals surface area (Å²) in [6.45, 7) is 5.32. The van der Waals surface area contributed by atoms with Gasteiger partial charge in [0.1, 0.15) is 17.8 Å². The predicted octanol–water partition coefficient (Wildman–Crippen LogP) is 2.19. The molecule has 1 aromatic rings. The first-order chi connectivity index (χ1) is 13.3. The standard InChI is InChI=1S/C20H28N2O5S/c1-13(2)11-18(22-19(25)17(21-12-23)9-10-28-4)20(26)27-16-7-5-15(6-8-16)14(3)24/h5-8,12-13,17-18H,9-11H2,1-4H3,(H,21,23)(H,22,25)/t17-,18-/m0/s1. The highest BCUT2D eigenvalue weighted by Gasteiger charge is 2.27. The molecule has 1 aromatic carbocycles. The molecule has 0 saturated heterocycles. The van der Waals surface area contributed by atoms with Crippen molar-refractivity contribution in [2.45, 2.75) is 45.7 Å². The minimum atomic E-state index is -0.842. The maximum Gasteiger partial charge on any atom is 0.334 e. The first-order valence-electron chi connectivity index (χ1n) is 9.10. The van der Waals surface area contributed by atoms with Crippen molar-refractivity contribution in [1.29, 1.82) is 0 Å². The van der Waals surface area contributed by atoms with Crippen molar-refractivity contribution in [2.24, 2.45) is 5.92 Å². The number of benzene rings is 1. The first kappa shape index (κ1) is 23.7. The number of amides is 2. The topological polar surface area (TPSA) is 102 Å². The van der Waals surface area contributed by atoms with Crippen LogP contribution < -0.4 is 15.4 Å². The van der Waals surface area contributed by atoms with E-state index in [-0.39, 0.29) is 11.7 Å². The monoisotopic (exact) mass is 408 g/mol. The summed E-state index contributed by atoms with van der Waals surface area (Å²) in [5.41, 5.74) is 0.517. The molecule has 0 fully saturated rings. The van der Waals surface area contributed by atoms with Gasteiger partial charge in [-0.2, -0.15) is 11.8 Å². The smallest absolute Gasteiger partial charge is 0.334 e. The lowest BCUT2D eigenvalue weighted by molar-refractivity contribution is -0.140. The minimum Gasteiger partial charge on any atom is -0.425 e. The van der Waals surface area contributed by atoms with Gasteiger partial charge in [0.2, 0.25) is 12.3 Å². The largest absolute Gasteiger partial charge is 0.425 e. The Morgan fingerprint density at radius 2 is 1.79 bits per heavy atom. The van der Waals surface area contributed by atoms with Gasteiger partial charge in [0.05, 0.1) is 0 Å². The molecule has 2 N–H and O–H groups in total. The molecule has 0 heterocycles. The lowest BCUT2D eigenvalue weighted by Crippen LogP contribution is -2.51. The quantitative estimate of drug-likeness (QED) is 0.238. The number of esters is 1. The number of hydrogen-bond acceptors (Lipinski definition) is 6. The average Bonchev–Trinajstić information content (AvgIpc) is 2.64. The van der Waals surface area contributed by atoms with E-state index < -0.39 is 24.0 Å². The number of rotatable bonds is 12. The third kappa shape index (κ3) is 8.12. The van der Waals surface area contributed by atoms with E-state index >= 15 is 0 Å². The van der Waals surface area contributed by atoms with E-state index in [1.807, 2.05) is 20.1 Å². The molecule has 28 heavy (non-hydrogen) atoms. The zero-order valence-corrected chi connectivity index (χ0v) is 17.5. The summed E-state index contributed by atoms with van der Waals surface area (Å²) >= 11 is 1.56. The van der Waals surface area contributed by atoms with Crippen LogP contribution in [0.1, 0.15) is 44.0 Å². The van der Waals surface area contributed by atoms with Crippen molar-refractivity contribution in [3.05, 3.63) is 29.8 Å². The number of carbonyl (C=O) groups excluding carboxylic acids is 4. The van der Waals surface area contributed by atoms with Gasteiger partial charge in [-0.15, -0.1) is 0 Å². The summed E-state index contributed by atoms with van der Waals surface area (Å²) in [5.74, 6) is 0.0372. The number of ketones is 1. The molecule has 0 aromatic heterocycles. The van der Waals surface area contributed by atoms with Crippen LogP contribution in [0.2, 0.25) is 0 Å². The predicted molar refractivity (Wildman–Crippen MR) is 109 cm³/mol. The van der Waals surface area contributed by atoms with E-state index in [2.05, 4.69) is 10.6 Å². The lowest BCUT2D eigenvalue weighted by atomic mass is 10.0. The van der Waals surface area contributed by atoms with Crippen LogP contribution in [-0.4, -0.2) is 48.2 Å². The Hall–Kier alpha value is -2.35. The molecule has 0 aliphatic heterocycles. The summed E-state index contributed by atoms with van der Waals surface area (Å²) < 4.78 is 5.37. The minimum absolute atomic E-state index is 0.0817. The van der Waals surface area contributed by atoms with E-state index in [0.717, 1.165) is 0 Å². The van der Waals surface area contributed by atoms with Crippen LogP contribution in [0.4, 0.5) is 0 Å². The number of Topliss-reactive ketones (excluding diaryl/α,β-unsaturated/α-hetero) is 1. The molecule has 0 aliphatic carbocycles. The summed E-state index contributed by atoms with van der Waals surface area (Å²) in [5, 5.41) is 5.18. The van der Waals surface area contributed by atoms with Crippen molar-refractivity contribution in [1.82, 2.24) is 10.6 Å². The number of thioether (sulfide) groups is 1. The molecule has 2 atom stereocenters. The zero-order valence-electron chi connectivity index (χ0n) is 16.7. The second-order valence-corrected chi connectivity index (χ2v) is 7.80. The third-order valence-electron chi connectivity index (χ3n) is 3.98. The van der Waals surface area contributed by atoms with Crippen molar-refractivity contribution in [2.75, 3.05) is 12.0 Å². The van der Waals surface area contributed by atoms with Crippen molar-refractivity contribution in [3.63, 3.8) is 0 Å². The Morgan fingerprint density at radius 3 is 2.29 bits per heavy atom. The van der Waals surface area contributed by atoms with Gasteiger partial charge in [0.25, 0.3) is 0 Å². The molecule has 7 nitrogen and oxygen atoms in total. The molecule has 0 unspecified atom stereocenters. The summed E-state index contributed by atoms with van der Waals surface area (Å²) in [4.78, 5) is 47.2. The van der Waals surface area contributed by atoms with E-state index in [1.54, 1.807) is 23.9 Å². The van der Waals surface area contributed by atoms with Crippen LogP contribution in [0.5, 0.6) is 5.75 Å². The van der Waals surface area contributed by atoms with Gasteiger partial charge < -0.3 is 15.4 Å². The molecule has 154 valence electrons. The Balaban J connectivity index is 2.84. The number of nitrogens with one attached hydrogen (secondary N) is 2. The number of carbonyl (C=O) groups is 4. The van der Waals surface area contributed by atoms with Gasteiger partial charge in [-0.3, -0.25) is 14.4 Å². The molecule has 1 rings (SSSR count). The van der Waals surface area contributed by atoms with Crippen LogP contribution in [0.25, 0.3) is 0 Å². The highest BCUT2D eigenvalue weighted by Crippen LogP contribution is 2.15. The molecule has 0 saturated carbocycles. The molecule has 2 amide bonds. The van der Waals surface area contributed by atoms with E-state index in [1.165, 1.54) is 19.1 Å². The SMILES string of the molecule is CSCC[C@H](NC=O)C(=O)N[C@@H](CC(C)C)C(=O)Oc1ccc(C(C)=O)cc1. The van der Waals surface area contributed by atoms with Crippen molar-refractivity contribution in [3.8, 4) is 5.75 Å². The Morgan fingerprint density at radius 1 is 1.14 bits per heavy atom. The number of ether oxygens (including phenoxy) is 1. The van der Waals surface area contributed by atoms with E-state index in [0.29, 0.717) is 36.3 Å². The Bertz CT molecular complexity index is 676. The highest BCUT2D eigenvalue weighted by atomic mass is 32.2. The molecule has 0 aliphatic rings. The van der Waals surface area contributed by atoms with Crippen LogP contribution in [-0.2, 0) is 14.4 Å². The van der Waals surface area contributed by atoms with Gasteiger partial charge >= 0.3 is 5.97 Å². The Kier molecular flexibility index (Phi) is 10.3. The van der Waals surface area contributed by atoms with Crippen LogP contribution in [0, 0.1) is 5.92 Å². The molecule has 8 heteroatoms. The maximum atomic E-state index is 12.6.